The van der Waals surface area contributed by atoms with Crippen LogP contribution < -0.4 is 0 Å². The van der Waals surface area contributed by atoms with Gasteiger partial charge in [0, 0.05) is 27.4 Å². The van der Waals surface area contributed by atoms with Crippen LogP contribution in [0.25, 0.3) is 44.2 Å². The minimum Gasteiger partial charge on any atom is -0.389 e. The van der Waals surface area contributed by atoms with E-state index < -0.39 is 6.10 Å². The number of hydrogen-bond donors (Lipinski definition) is 1. The van der Waals surface area contributed by atoms with Gasteiger partial charge in [-0.25, -0.2) is 4.98 Å². The Bertz CT molecular complexity index is 1490. The molecule has 0 radical (unpaired) electrons. The largest absolute Gasteiger partial charge is 0.389 e. The molecule has 156 valence electrons. The van der Waals surface area contributed by atoms with E-state index in [2.05, 4.69) is 75.9 Å². The van der Waals surface area contributed by atoms with E-state index >= 15 is 0 Å². The minimum absolute atomic E-state index is 0.464. The second kappa shape index (κ2) is 7.66. The van der Waals surface area contributed by atoms with Gasteiger partial charge in [0.1, 0.15) is 5.82 Å². The molecule has 0 bridgehead atoms. The van der Waals surface area contributed by atoms with Gasteiger partial charge in [-0.05, 0) is 24.3 Å². The fourth-order valence-corrected chi connectivity index (χ4v) is 4.75. The molecule has 4 nitrogen and oxygen atoms in total. The molecule has 0 spiro atoms. The molecule has 0 aliphatic heterocycles. The molecule has 2 aromatic heterocycles. The number of benzene rings is 4. The zero-order chi connectivity index (χ0) is 21.5. The van der Waals surface area contributed by atoms with Crippen LogP contribution in [-0.2, 0) is 13.1 Å². The van der Waals surface area contributed by atoms with Crippen molar-refractivity contribution >= 4 is 32.8 Å². The van der Waals surface area contributed by atoms with E-state index in [0.717, 1.165) is 33.5 Å². The molecule has 6 rings (SSSR count). The van der Waals surface area contributed by atoms with Gasteiger partial charge in [0.25, 0.3) is 0 Å². The van der Waals surface area contributed by atoms with E-state index in [-0.39, 0.29) is 0 Å². The average Bonchev–Trinajstić information content (AvgIpc) is 3.36. The Labute approximate surface area is 186 Å². The number of aliphatic hydroxyl groups excluding tert-OH is 1. The maximum atomic E-state index is 11.3. The van der Waals surface area contributed by atoms with E-state index in [0.29, 0.717) is 13.1 Å². The molecule has 0 unspecified atom stereocenters. The molecule has 0 saturated carbocycles. The molecule has 6 aromatic rings. The molecule has 0 saturated heterocycles. The van der Waals surface area contributed by atoms with E-state index in [4.69, 9.17) is 4.98 Å². The Hall–Kier alpha value is -3.89. The van der Waals surface area contributed by atoms with Crippen LogP contribution in [0, 0.1) is 0 Å². The molecule has 1 atom stereocenters. The molecular formula is C28H23N3O. The lowest BCUT2D eigenvalue weighted by Crippen LogP contribution is -2.22. The fraction of sp³-hybridized carbons (Fsp3) is 0.107. The summed E-state index contributed by atoms with van der Waals surface area (Å²) in [5.74, 6) is 0.882. The minimum atomic E-state index is -0.575. The first-order valence-electron chi connectivity index (χ1n) is 10.9. The normalized spacial score (nSPS) is 12.7. The monoisotopic (exact) mass is 417 g/mol. The van der Waals surface area contributed by atoms with Crippen molar-refractivity contribution in [2.45, 2.75) is 19.2 Å². The second-order valence-corrected chi connectivity index (χ2v) is 8.20. The quantitative estimate of drug-likeness (QED) is 0.381. The Morgan fingerprint density at radius 2 is 1.12 bits per heavy atom. The first-order valence-corrected chi connectivity index (χ1v) is 10.9. The first-order chi connectivity index (χ1) is 15.8. The van der Waals surface area contributed by atoms with Crippen LogP contribution in [0.1, 0.15) is 0 Å². The number of aromatic nitrogens is 3. The van der Waals surface area contributed by atoms with Crippen LogP contribution >= 0.6 is 0 Å². The van der Waals surface area contributed by atoms with Gasteiger partial charge in [-0.15, -0.1) is 0 Å². The van der Waals surface area contributed by atoms with Crippen molar-refractivity contribution in [1.82, 2.24) is 14.1 Å². The lowest BCUT2D eigenvalue weighted by Gasteiger charge is -2.17. The molecular weight excluding hydrogens is 394 g/mol. The third-order valence-corrected chi connectivity index (χ3v) is 6.15. The standard InChI is InChI=1S/C28H23N3O/c32-21(18-30-25-15-7-4-12-22(25)23-13-5-8-16-26(23)30)19-31-27-17-9-6-14-24(27)29-28(31)20-10-2-1-3-11-20/h1-17,21,32H,18-19H2/t21-/m0/s1. The van der Waals surface area contributed by atoms with Gasteiger partial charge in [-0.3, -0.25) is 0 Å². The van der Waals surface area contributed by atoms with Crippen molar-refractivity contribution in [3.8, 4) is 11.4 Å². The molecule has 1 N–H and O–H groups in total. The van der Waals surface area contributed by atoms with Gasteiger partial charge >= 0.3 is 0 Å². The zero-order valence-electron chi connectivity index (χ0n) is 17.6. The van der Waals surface area contributed by atoms with E-state index in [9.17, 15) is 5.11 Å². The third-order valence-electron chi connectivity index (χ3n) is 6.15. The van der Waals surface area contributed by atoms with Gasteiger partial charge in [-0.2, -0.15) is 0 Å². The van der Waals surface area contributed by atoms with Gasteiger partial charge in [-0.1, -0.05) is 78.9 Å². The summed E-state index contributed by atoms with van der Waals surface area (Å²) in [7, 11) is 0. The van der Waals surface area contributed by atoms with Crippen molar-refractivity contribution in [2.75, 3.05) is 0 Å². The van der Waals surface area contributed by atoms with Crippen LogP contribution in [0.2, 0.25) is 0 Å². The number of nitrogens with zero attached hydrogens (tertiary/aromatic N) is 3. The number of imidazole rings is 1. The summed E-state index contributed by atoms with van der Waals surface area (Å²) in [6.45, 7) is 0.973. The van der Waals surface area contributed by atoms with Crippen molar-refractivity contribution in [3.05, 3.63) is 103 Å². The predicted molar refractivity (Wildman–Crippen MR) is 131 cm³/mol. The highest BCUT2D eigenvalue weighted by Gasteiger charge is 2.18. The lowest BCUT2D eigenvalue weighted by atomic mass is 10.2. The number of para-hydroxylation sites is 4. The fourth-order valence-electron chi connectivity index (χ4n) is 4.75. The van der Waals surface area contributed by atoms with Crippen molar-refractivity contribution in [2.24, 2.45) is 0 Å². The topological polar surface area (TPSA) is 43.0 Å². The molecule has 0 aliphatic carbocycles. The summed E-state index contributed by atoms with van der Waals surface area (Å²) in [6.07, 6.45) is -0.575. The Morgan fingerprint density at radius 3 is 1.81 bits per heavy atom. The molecule has 32 heavy (non-hydrogen) atoms. The lowest BCUT2D eigenvalue weighted by molar-refractivity contribution is 0.139. The van der Waals surface area contributed by atoms with E-state index in [1.807, 2.05) is 36.4 Å². The van der Waals surface area contributed by atoms with Gasteiger partial charge < -0.3 is 14.2 Å². The third kappa shape index (κ3) is 3.08. The highest BCUT2D eigenvalue weighted by atomic mass is 16.3. The summed E-state index contributed by atoms with van der Waals surface area (Å²) < 4.78 is 4.37. The summed E-state index contributed by atoms with van der Waals surface area (Å²) in [4.78, 5) is 4.88. The summed E-state index contributed by atoms with van der Waals surface area (Å²) in [6, 6.07) is 35.1. The van der Waals surface area contributed by atoms with Crippen LogP contribution in [0.4, 0.5) is 0 Å². The maximum Gasteiger partial charge on any atom is 0.141 e. The summed E-state index contributed by atoms with van der Waals surface area (Å²) >= 11 is 0. The zero-order valence-corrected chi connectivity index (χ0v) is 17.6. The van der Waals surface area contributed by atoms with Crippen molar-refractivity contribution in [1.29, 1.82) is 0 Å². The average molecular weight is 418 g/mol. The highest BCUT2D eigenvalue weighted by molar-refractivity contribution is 6.07. The van der Waals surface area contributed by atoms with Crippen LogP contribution in [0.3, 0.4) is 0 Å². The number of fused-ring (bicyclic) bond motifs is 4. The van der Waals surface area contributed by atoms with E-state index in [1.54, 1.807) is 0 Å². The Balaban J connectivity index is 1.42. The number of aliphatic hydroxyl groups is 1. The van der Waals surface area contributed by atoms with Gasteiger partial charge in [0.05, 0.1) is 30.2 Å². The predicted octanol–water partition coefficient (Wildman–Crippen LogP) is 5.87. The summed E-state index contributed by atoms with van der Waals surface area (Å²) in [5.41, 5.74) is 5.31. The first kappa shape index (κ1) is 18.8. The van der Waals surface area contributed by atoms with Crippen LogP contribution in [0.15, 0.2) is 103 Å². The SMILES string of the molecule is O[C@H](Cn1c(-c2ccccc2)nc2ccccc21)Cn1c2ccccc2c2ccccc21. The molecule has 4 heteroatoms. The molecule has 0 aliphatic rings. The molecule has 0 fully saturated rings. The van der Waals surface area contributed by atoms with E-state index in [1.165, 1.54) is 10.8 Å². The van der Waals surface area contributed by atoms with Crippen LogP contribution in [-0.4, -0.2) is 25.3 Å². The number of hydrogen-bond acceptors (Lipinski definition) is 2. The Kier molecular flexibility index (Phi) is 4.51. The maximum absolute atomic E-state index is 11.3. The smallest absolute Gasteiger partial charge is 0.141 e. The highest BCUT2D eigenvalue weighted by Crippen LogP contribution is 2.30. The Morgan fingerprint density at radius 1 is 0.594 bits per heavy atom. The molecule has 0 amide bonds. The second-order valence-electron chi connectivity index (χ2n) is 8.20. The van der Waals surface area contributed by atoms with Gasteiger partial charge in [0.15, 0.2) is 0 Å². The van der Waals surface area contributed by atoms with Crippen molar-refractivity contribution in [3.63, 3.8) is 0 Å². The molecule has 2 heterocycles. The van der Waals surface area contributed by atoms with Crippen LogP contribution in [0.5, 0.6) is 0 Å². The van der Waals surface area contributed by atoms with Gasteiger partial charge in [0.2, 0.25) is 0 Å². The van der Waals surface area contributed by atoms with Crippen molar-refractivity contribution < 1.29 is 5.11 Å². The molecule has 4 aromatic carbocycles. The number of rotatable bonds is 5. The summed E-state index contributed by atoms with van der Waals surface area (Å²) in [5, 5.41) is 13.7.